The van der Waals surface area contributed by atoms with Gasteiger partial charge in [-0.3, -0.25) is 0 Å². The Labute approximate surface area is 107 Å². The molecule has 0 bridgehead atoms. The van der Waals surface area contributed by atoms with Gasteiger partial charge in [0.25, 0.3) is 0 Å². The van der Waals surface area contributed by atoms with Gasteiger partial charge in [0.15, 0.2) is 9.84 Å². The van der Waals surface area contributed by atoms with Crippen LogP contribution in [0, 0.1) is 0 Å². The number of rotatable bonds is 2. The molecule has 0 aliphatic carbocycles. The van der Waals surface area contributed by atoms with E-state index in [4.69, 9.17) is 0 Å². The molecule has 1 rings (SSSR count). The molecule has 0 aliphatic heterocycles. The second kappa shape index (κ2) is 9.12. The third-order valence-corrected chi connectivity index (χ3v) is 3.98. The molecule has 1 heterocycles. The molecule has 0 atom stereocenters. The largest absolute Gasteiger partial charge is 0.464 e. The number of aromatic nitrogens is 1. The van der Waals surface area contributed by atoms with E-state index in [0.29, 0.717) is 0 Å². The molecule has 100 valence electrons. The highest BCUT2D eigenvalue weighted by molar-refractivity contribution is 7.92. The van der Waals surface area contributed by atoms with Crippen LogP contribution in [0.15, 0.2) is 10.4 Å². The zero-order valence-corrected chi connectivity index (χ0v) is 12.6. The normalized spacial score (nSPS) is 9.29. The number of sulfone groups is 1. The lowest BCUT2D eigenvalue weighted by molar-refractivity contribution is 0.0600. The SMILES string of the molecule is CC.CC.COC(=O)c1ncc(S(C)(=O)=O)s1. The van der Waals surface area contributed by atoms with Crippen molar-refractivity contribution in [2.45, 2.75) is 31.9 Å². The second-order valence-corrected chi connectivity index (χ2v) is 5.52. The molecule has 5 nitrogen and oxygen atoms in total. The summed E-state index contributed by atoms with van der Waals surface area (Å²) < 4.78 is 26.4. The van der Waals surface area contributed by atoms with E-state index in [1.54, 1.807) is 0 Å². The first kappa shape index (κ1) is 18.4. The van der Waals surface area contributed by atoms with Gasteiger partial charge in [-0.2, -0.15) is 0 Å². The maximum Gasteiger partial charge on any atom is 0.367 e. The van der Waals surface area contributed by atoms with E-state index in [1.807, 2.05) is 27.7 Å². The highest BCUT2D eigenvalue weighted by Gasteiger charge is 2.16. The third-order valence-electron chi connectivity index (χ3n) is 1.21. The number of methoxy groups -OCH3 is 1. The first-order chi connectivity index (χ1) is 7.95. The second-order valence-electron chi connectivity index (χ2n) is 2.25. The van der Waals surface area contributed by atoms with Gasteiger partial charge in [0.05, 0.1) is 13.3 Å². The Kier molecular flexibility index (Phi) is 9.88. The minimum absolute atomic E-state index is 0.0444. The average Bonchev–Trinajstić information content (AvgIpc) is 2.82. The number of hydrogen-bond acceptors (Lipinski definition) is 6. The highest BCUT2D eigenvalue weighted by Crippen LogP contribution is 2.18. The van der Waals surface area contributed by atoms with E-state index in [2.05, 4.69) is 9.72 Å². The van der Waals surface area contributed by atoms with Crippen LogP contribution in [0.1, 0.15) is 37.5 Å². The van der Waals surface area contributed by atoms with E-state index >= 15 is 0 Å². The quantitative estimate of drug-likeness (QED) is 0.778. The van der Waals surface area contributed by atoms with Crippen molar-refractivity contribution in [3.8, 4) is 0 Å². The number of carbonyl (C=O) groups is 1. The van der Waals surface area contributed by atoms with Crippen LogP contribution in [0.25, 0.3) is 0 Å². The van der Waals surface area contributed by atoms with E-state index < -0.39 is 15.8 Å². The fourth-order valence-corrected chi connectivity index (χ4v) is 2.27. The summed E-state index contributed by atoms with van der Waals surface area (Å²) >= 11 is 0.799. The number of esters is 1. The van der Waals surface area contributed by atoms with Crippen molar-refractivity contribution in [1.82, 2.24) is 4.98 Å². The number of carbonyl (C=O) groups excluding carboxylic acids is 1. The van der Waals surface area contributed by atoms with Crippen molar-refractivity contribution in [3.05, 3.63) is 11.2 Å². The Morgan fingerprint density at radius 2 is 1.76 bits per heavy atom. The number of nitrogens with zero attached hydrogens (tertiary/aromatic N) is 1. The molecule has 0 spiro atoms. The molecule has 0 unspecified atom stereocenters. The summed E-state index contributed by atoms with van der Waals surface area (Å²) in [6, 6.07) is 0. The van der Waals surface area contributed by atoms with Gasteiger partial charge in [0.1, 0.15) is 4.21 Å². The molecule has 17 heavy (non-hydrogen) atoms. The van der Waals surface area contributed by atoms with Crippen molar-refractivity contribution < 1.29 is 17.9 Å². The van der Waals surface area contributed by atoms with Crippen LogP contribution < -0.4 is 0 Å². The summed E-state index contributed by atoms with van der Waals surface area (Å²) in [5, 5.41) is 0.0444. The van der Waals surface area contributed by atoms with Gasteiger partial charge in [-0.25, -0.2) is 18.2 Å². The Balaban J connectivity index is 0. The molecule has 1 aromatic heterocycles. The minimum atomic E-state index is -3.28. The molecule has 7 heteroatoms. The van der Waals surface area contributed by atoms with Gasteiger partial charge in [-0.15, -0.1) is 0 Å². The lowest BCUT2D eigenvalue weighted by Crippen LogP contribution is -1.99. The molecular weight excluding hydrogens is 262 g/mol. The summed E-state index contributed by atoms with van der Waals surface area (Å²) in [5.41, 5.74) is 0. The molecule has 0 saturated carbocycles. The third kappa shape index (κ3) is 6.38. The predicted octanol–water partition coefficient (Wildman–Crippen LogP) is 2.39. The predicted molar refractivity (Wildman–Crippen MR) is 69.3 cm³/mol. The van der Waals surface area contributed by atoms with Gasteiger partial charge < -0.3 is 4.74 Å². The molecule has 0 N–H and O–H groups in total. The molecule has 0 aromatic carbocycles. The number of ether oxygens (including phenoxy) is 1. The standard InChI is InChI=1S/C6H7NO4S2.2C2H6/c1-11-6(8)5-7-3-4(12-5)13(2,9)10;2*1-2/h3H,1-2H3;2*1-2H3. The van der Waals surface area contributed by atoms with Crippen molar-refractivity contribution >= 4 is 27.1 Å². The van der Waals surface area contributed by atoms with Crippen molar-refractivity contribution in [3.63, 3.8) is 0 Å². The van der Waals surface area contributed by atoms with E-state index in [9.17, 15) is 13.2 Å². The maximum absolute atomic E-state index is 11.0. The Bertz CT molecular complexity index is 423. The number of hydrogen-bond donors (Lipinski definition) is 0. The van der Waals surface area contributed by atoms with Gasteiger partial charge in [0, 0.05) is 6.26 Å². The van der Waals surface area contributed by atoms with E-state index in [0.717, 1.165) is 23.8 Å². The van der Waals surface area contributed by atoms with Gasteiger partial charge >= 0.3 is 5.97 Å². The zero-order valence-electron chi connectivity index (χ0n) is 11.0. The first-order valence-corrected chi connectivity index (χ1v) is 7.90. The molecule has 0 radical (unpaired) electrons. The van der Waals surface area contributed by atoms with Crippen LogP contribution in [0.5, 0.6) is 0 Å². The molecular formula is C10H19NO4S2. The average molecular weight is 281 g/mol. The summed E-state index contributed by atoms with van der Waals surface area (Å²) in [4.78, 5) is 14.5. The van der Waals surface area contributed by atoms with E-state index in [-0.39, 0.29) is 9.22 Å². The van der Waals surface area contributed by atoms with Gasteiger partial charge in [0.2, 0.25) is 5.01 Å². The summed E-state index contributed by atoms with van der Waals surface area (Å²) in [6.45, 7) is 8.00. The minimum Gasteiger partial charge on any atom is -0.464 e. The van der Waals surface area contributed by atoms with Crippen LogP contribution in [0.3, 0.4) is 0 Å². The fourth-order valence-electron chi connectivity index (χ4n) is 0.612. The van der Waals surface area contributed by atoms with Gasteiger partial charge in [-0.1, -0.05) is 39.0 Å². The van der Waals surface area contributed by atoms with Crippen LogP contribution in [0.2, 0.25) is 0 Å². The smallest absolute Gasteiger partial charge is 0.367 e. The highest BCUT2D eigenvalue weighted by atomic mass is 32.2. The van der Waals surface area contributed by atoms with Gasteiger partial charge in [-0.05, 0) is 0 Å². The van der Waals surface area contributed by atoms with Crippen LogP contribution >= 0.6 is 11.3 Å². The van der Waals surface area contributed by atoms with Crippen LogP contribution in [-0.2, 0) is 14.6 Å². The summed E-state index contributed by atoms with van der Waals surface area (Å²) in [6.07, 6.45) is 2.20. The van der Waals surface area contributed by atoms with Crippen molar-refractivity contribution in [1.29, 1.82) is 0 Å². The first-order valence-electron chi connectivity index (χ1n) is 5.19. The Morgan fingerprint density at radius 3 is 2.06 bits per heavy atom. The van der Waals surface area contributed by atoms with Crippen LogP contribution in [-0.4, -0.2) is 32.7 Å². The van der Waals surface area contributed by atoms with Crippen molar-refractivity contribution in [2.75, 3.05) is 13.4 Å². The van der Waals surface area contributed by atoms with Crippen molar-refractivity contribution in [2.24, 2.45) is 0 Å². The molecule has 0 saturated heterocycles. The van der Waals surface area contributed by atoms with E-state index in [1.165, 1.54) is 7.11 Å². The Hall–Kier alpha value is -0.950. The molecule has 0 amide bonds. The summed E-state index contributed by atoms with van der Waals surface area (Å²) in [7, 11) is -2.06. The molecule has 0 fully saturated rings. The number of thiazole rings is 1. The fraction of sp³-hybridized carbons (Fsp3) is 0.600. The zero-order chi connectivity index (χ0) is 14.1. The topological polar surface area (TPSA) is 73.3 Å². The summed E-state index contributed by atoms with van der Waals surface area (Å²) in [5.74, 6) is -0.625. The Morgan fingerprint density at radius 1 is 1.29 bits per heavy atom. The lowest BCUT2D eigenvalue weighted by Gasteiger charge is -1.90. The maximum atomic E-state index is 11.0. The lowest BCUT2D eigenvalue weighted by atomic mass is 10.7. The molecule has 0 aliphatic rings. The monoisotopic (exact) mass is 281 g/mol. The van der Waals surface area contributed by atoms with Crippen LogP contribution in [0.4, 0.5) is 0 Å². The molecule has 1 aromatic rings.